The highest BCUT2D eigenvalue weighted by Gasteiger charge is 2.18. The first-order valence-corrected chi connectivity index (χ1v) is 11.5. The molecule has 170 valence electrons. The van der Waals surface area contributed by atoms with Gasteiger partial charge in [-0.05, 0) is 29.8 Å². The van der Waals surface area contributed by atoms with Crippen LogP contribution in [-0.2, 0) is 21.3 Å². The van der Waals surface area contributed by atoms with Crippen molar-refractivity contribution in [3.63, 3.8) is 0 Å². The van der Waals surface area contributed by atoms with E-state index in [1.54, 1.807) is 38.5 Å². The van der Waals surface area contributed by atoms with E-state index in [9.17, 15) is 8.42 Å². The second-order valence-electron chi connectivity index (χ2n) is 7.24. The summed E-state index contributed by atoms with van der Waals surface area (Å²) in [5.74, 6) is 1.72. The number of aromatic nitrogens is 2. The van der Waals surface area contributed by atoms with Crippen molar-refractivity contribution in [2.75, 3.05) is 50.7 Å². The zero-order valence-electron chi connectivity index (χ0n) is 17.9. The van der Waals surface area contributed by atoms with E-state index in [4.69, 9.17) is 19.3 Å². The van der Waals surface area contributed by atoms with Crippen molar-refractivity contribution >= 4 is 32.4 Å². The molecule has 0 atom stereocenters. The van der Waals surface area contributed by atoms with Crippen LogP contribution in [0.2, 0.25) is 0 Å². The Bertz CT molecular complexity index is 1230. The number of anilines is 2. The molecule has 0 radical (unpaired) electrons. The van der Waals surface area contributed by atoms with Crippen LogP contribution in [0, 0.1) is 0 Å². The number of nitrogens with one attached hydrogen (secondary N) is 1. The van der Waals surface area contributed by atoms with Crippen LogP contribution in [0.15, 0.2) is 41.6 Å². The minimum Gasteiger partial charge on any atom is -0.493 e. The standard InChI is InChI=1S/C21H25N5O5S/c1-29-19-10-16-17(11-20(19)30-2)24-13-25-21(16)23-12-14-9-15(32(22,27)28)3-4-18(14)26-5-7-31-8-6-26/h3-4,9-11,13H,5-8,12H2,1-2H3,(H2,22,27,28)(H,23,24,25). The summed E-state index contributed by atoms with van der Waals surface area (Å²) in [6, 6.07) is 8.50. The first-order chi connectivity index (χ1) is 15.4. The monoisotopic (exact) mass is 459 g/mol. The molecule has 32 heavy (non-hydrogen) atoms. The maximum atomic E-state index is 11.9. The lowest BCUT2D eigenvalue weighted by Gasteiger charge is -2.31. The van der Waals surface area contributed by atoms with Crippen LogP contribution in [0.1, 0.15) is 5.56 Å². The summed E-state index contributed by atoms with van der Waals surface area (Å²) >= 11 is 0. The summed E-state index contributed by atoms with van der Waals surface area (Å²) in [6.07, 6.45) is 1.46. The average molecular weight is 460 g/mol. The summed E-state index contributed by atoms with van der Waals surface area (Å²) in [6.45, 7) is 2.99. The first-order valence-electron chi connectivity index (χ1n) is 9.99. The Morgan fingerprint density at radius 2 is 1.81 bits per heavy atom. The molecule has 0 aliphatic carbocycles. The van der Waals surface area contributed by atoms with Gasteiger partial charge in [0.05, 0.1) is 37.8 Å². The van der Waals surface area contributed by atoms with E-state index in [-0.39, 0.29) is 4.90 Å². The van der Waals surface area contributed by atoms with Crippen LogP contribution in [0.5, 0.6) is 11.5 Å². The van der Waals surface area contributed by atoms with Crippen molar-refractivity contribution in [3.8, 4) is 11.5 Å². The lowest BCUT2D eigenvalue weighted by molar-refractivity contribution is 0.122. The molecule has 3 N–H and O–H groups in total. The Balaban J connectivity index is 1.70. The van der Waals surface area contributed by atoms with Gasteiger partial charge >= 0.3 is 0 Å². The second-order valence-corrected chi connectivity index (χ2v) is 8.80. The van der Waals surface area contributed by atoms with Gasteiger partial charge in [-0.15, -0.1) is 0 Å². The van der Waals surface area contributed by atoms with E-state index >= 15 is 0 Å². The lowest BCUT2D eigenvalue weighted by atomic mass is 10.1. The van der Waals surface area contributed by atoms with Gasteiger partial charge in [-0.3, -0.25) is 0 Å². The highest BCUT2D eigenvalue weighted by Crippen LogP contribution is 2.34. The molecular weight excluding hydrogens is 434 g/mol. The third-order valence-electron chi connectivity index (χ3n) is 5.32. The normalized spacial score (nSPS) is 14.4. The van der Waals surface area contributed by atoms with Gasteiger partial charge in [0.15, 0.2) is 11.5 Å². The fourth-order valence-electron chi connectivity index (χ4n) is 3.70. The summed E-state index contributed by atoms with van der Waals surface area (Å²) in [7, 11) is -0.706. The predicted molar refractivity (Wildman–Crippen MR) is 121 cm³/mol. The Hall–Kier alpha value is -3.15. The molecule has 1 aliphatic heterocycles. The molecule has 11 heteroatoms. The molecule has 0 bridgehead atoms. The molecule has 1 fully saturated rings. The SMILES string of the molecule is COc1cc2ncnc(NCc3cc(S(N)(=O)=O)ccc3N3CCOCC3)c2cc1OC. The Kier molecular flexibility index (Phi) is 6.31. The quantitative estimate of drug-likeness (QED) is 0.543. The summed E-state index contributed by atoms with van der Waals surface area (Å²) in [4.78, 5) is 10.9. The van der Waals surface area contributed by atoms with Crippen LogP contribution in [0.3, 0.4) is 0 Å². The molecular formula is C21H25N5O5S. The third kappa shape index (κ3) is 4.54. The predicted octanol–water partition coefficient (Wildman–Crippen LogP) is 1.74. The second kappa shape index (κ2) is 9.15. The smallest absolute Gasteiger partial charge is 0.238 e. The minimum absolute atomic E-state index is 0.0604. The third-order valence-corrected chi connectivity index (χ3v) is 6.23. The Morgan fingerprint density at radius 1 is 1.09 bits per heavy atom. The van der Waals surface area contributed by atoms with Crippen LogP contribution >= 0.6 is 0 Å². The van der Waals surface area contributed by atoms with E-state index in [0.717, 1.165) is 29.7 Å². The fourth-order valence-corrected chi connectivity index (χ4v) is 4.26. The Morgan fingerprint density at radius 3 is 2.50 bits per heavy atom. The van der Waals surface area contributed by atoms with Crippen molar-refractivity contribution in [2.45, 2.75) is 11.4 Å². The summed E-state index contributed by atoms with van der Waals surface area (Å²) in [5, 5.41) is 9.43. The molecule has 1 aromatic heterocycles. The summed E-state index contributed by atoms with van der Waals surface area (Å²) in [5.41, 5.74) is 2.39. The van der Waals surface area contributed by atoms with E-state index in [2.05, 4.69) is 20.2 Å². The molecule has 0 saturated carbocycles. The average Bonchev–Trinajstić information content (AvgIpc) is 2.81. The number of benzene rings is 2. The molecule has 4 rings (SSSR count). The van der Waals surface area contributed by atoms with Gasteiger partial charge in [-0.2, -0.15) is 0 Å². The number of fused-ring (bicyclic) bond motifs is 1. The molecule has 3 aromatic rings. The van der Waals surface area contributed by atoms with Gasteiger partial charge in [0.2, 0.25) is 10.0 Å². The van der Waals surface area contributed by atoms with Gasteiger partial charge in [0, 0.05) is 36.8 Å². The van der Waals surface area contributed by atoms with Crippen LogP contribution < -0.4 is 24.8 Å². The lowest BCUT2D eigenvalue weighted by Crippen LogP contribution is -2.37. The maximum absolute atomic E-state index is 11.9. The number of rotatable bonds is 7. The number of primary sulfonamides is 1. The van der Waals surface area contributed by atoms with Crippen molar-refractivity contribution < 1.29 is 22.6 Å². The number of nitrogens with two attached hydrogens (primary N) is 1. The Labute approximate surface area is 186 Å². The number of hydrogen-bond acceptors (Lipinski definition) is 9. The van der Waals surface area contributed by atoms with Gasteiger partial charge in [-0.1, -0.05) is 0 Å². The fraction of sp³-hybridized carbons (Fsp3) is 0.333. The zero-order valence-corrected chi connectivity index (χ0v) is 18.7. The molecule has 0 unspecified atom stereocenters. The topological polar surface area (TPSA) is 129 Å². The summed E-state index contributed by atoms with van der Waals surface area (Å²) < 4.78 is 40.1. The van der Waals surface area contributed by atoms with Gasteiger partial charge in [0.25, 0.3) is 0 Å². The largest absolute Gasteiger partial charge is 0.493 e. The van der Waals surface area contributed by atoms with Gasteiger partial charge in [0.1, 0.15) is 12.1 Å². The molecule has 10 nitrogen and oxygen atoms in total. The molecule has 0 spiro atoms. The van der Waals surface area contributed by atoms with E-state index in [0.29, 0.717) is 42.6 Å². The minimum atomic E-state index is -3.83. The van der Waals surface area contributed by atoms with Crippen molar-refractivity contribution in [3.05, 3.63) is 42.2 Å². The number of ether oxygens (including phenoxy) is 3. The van der Waals surface area contributed by atoms with Crippen molar-refractivity contribution in [2.24, 2.45) is 5.14 Å². The number of morpholine rings is 1. The number of hydrogen-bond donors (Lipinski definition) is 2. The molecule has 2 aromatic carbocycles. The highest BCUT2D eigenvalue weighted by atomic mass is 32.2. The van der Waals surface area contributed by atoms with Gasteiger partial charge < -0.3 is 24.4 Å². The molecule has 1 aliphatic rings. The van der Waals surface area contributed by atoms with Crippen LogP contribution in [-0.4, -0.2) is 58.9 Å². The van der Waals surface area contributed by atoms with E-state index in [1.807, 2.05) is 0 Å². The van der Waals surface area contributed by atoms with Crippen LogP contribution in [0.25, 0.3) is 10.9 Å². The van der Waals surface area contributed by atoms with Crippen LogP contribution in [0.4, 0.5) is 11.5 Å². The number of methoxy groups -OCH3 is 2. The van der Waals surface area contributed by atoms with Gasteiger partial charge in [-0.25, -0.2) is 23.5 Å². The number of sulfonamides is 1. The van der Waals surface area contributed by atoms with E-state index < -0.39 is 10.0 Å². The zero-order chi connectivity index (χ0) is 22.7. The van der Waals surface area contributed by atoms with Crippen molar-refractivity contribution in [1.29, 1.82) is 0 Å². The van der Waals surface area contributed by atoms with E-state index in [1.165, 1.54) is 12.4 Å². The molecule has 0 amide bonds. The molecule has 1 saturated heterocycles. The maximum Gasteiger partial charge on any atom is 0.238 e. The molecule has 2 heterocycles. The first kappa shape index (κ1) is 22.1. The number of nitrogens with zero attached hydrogens (tertiary/aromatic N) is 3. The highest BCUT2D eigenvalue weighted by molar-refractivity contribution is 7.89. The van der Waals surface area contributed by atoms with Crippen molar-refractivity contribution in [1.82, 2.24) is 9.97 Å².